The van der Waals surface area contributed by atoms with Gasteiger partial charge in [0.25, 0.3) is 0 Å². The minimum Gasteiger partial charge on any atom is -0.461 e. The van der Waals surface area contributed by atoms with Gasteiger partial charge in [-0.25, -0.2) is 9.59 Å². The number of likely N-dealkylation sites (tertiary alicyclic amines) is 1. The summed E-state index contributed by atoms with van der Waals surface area (Å²) in [6.07, 6.45) is 3.79. The number of H-pyrrole nitrogens is 1. The second-order valence-corrected chi connectivity index (χ2v) is 6.13. The molecular weight excluding hydrogens is 282 g/mol. The lowest BCUT2D eigenvalue weighted by Gasteiger charge is -2.22. The van der Waals surface area contributed by atoms with E-state index in [4.69, 9.17) is 4.74 Å². The summed E-state index contributed by atoms with van der Waals surface area (Å²) in [6, 6.07) is 1.48. The second kappa shape index (κ2) is 7.33. The molecule has 0 unspecified atom stereocenters. The monoisotopic (exact) mass is 307 g/mol. The third kappa shape index (κ3) is 4.26. The van der Waals surface area contributed by atoms with Crippen LogP contribution in [0.25, 0.3) is 0 Å². The number of nitrogens with zero attached hydrogens (tertiary/aromatic N) is 1. The first-order chi connectivity index (χ1) is 10.5. The number of hydrogen-bond acceptors (Lipinski definition) is 3. The van der Waals surface area contributed by atoms with E-state index >= 15 is 0 Å². The van der Waals surface area contributed by atoms with Gasteiger partial charge >= 0.3 is 12.0 Å². The smallest absolute Gasteiger partial charge is 0.354 e. The van der Waals surface area contributed by atoms with Crippen molar-refractivity contribution in [3.05, 3.63) is 18.0 Å². The third-order valence-corrected chi connectivity index (χ3v) is 3.95. The summed E-state index contributed by atoms with van der Waals surface area (Å²) < 4.78 is 4.91. The normalized spacial score (nSPS) is 22.0. The number of esters is 1. The molecule has 0 saturated carbocycles. The predicted molar refractivity (Wildman–Crippen MR) is 84.9 cm³/mol. The van der Waals surface area contributed by atoms with Gasteiger partial charge in [-0.3, -0.25) is 0 Å². The fourth-order valence-corrected chi connectivity index (χ4v) is 2.90. The largest absolute Gasteiger partial charge is 0.461 e. The molecule has 1 aromatic heterocycles. The maximum Gasteiger partial charge on any atom is 0.354 e. The lowest BCUT2D eigenvalue weighted by molar-refractivity contribution is 0.0520. The minimum atomic E-state index is -0.416. The van der Waals surface area contributed by atoms with Crippen LogP contribution in [0.1, 0.15) is 44.1 Å². The van der Waals surface area contributed by atoms with E-state index in [1.165, 1.54) is 0 Å². The van der Waals surface area contributed by atoms with E-state index < -0.39 is 5.97 Å². The van der Waals surface area contributed by atoms with Crippen LogP contribution < -0.4 is 5.32 Å². The molecular formula is C16H25N3O3. The molecule has 122 valence electrons. The van der Waals surface area contributed by atoms with E-state index in [-0.39, 0.29) is 6.03 Å². The van der Waals surface area contributed by atoms with E-state index in [0.717, 1.165) is 25.9 Å². The number of anilines is 1. The Morgan fingerprint density at radius 1 is 1.41 bits per heavy atom. The van der Waals surface area contributed by atoms with Crippen molar-refractivity contribution in [3.8, 4) is 0 Å². The van der Waals surface area contributed by atoms with E-state index in [0.29, 0.717) is 29.8 Å². The minimum absolute atomic E-state index is 0.115. The highest BCUT2D eigenvalue weighted by atomic mass is 16.5. The van der Waals surface area contributed by atoms with E-state index in [2.05, 4.69) is 24.1 Å². The molecule has 6 nitrogen and oxygen atoms in total. The second-order valence-electron chi connectivity index (χ2n) is 6.13. The van der Waals surface area contributed by atoms with Gasteiger partial charge < -0.3 is 19.9 Å². The Bertz CT molecular complexity index is 526. The maximum atomic E-state index is 12.4. The molecule has 1 saturated heterocycles. The average molecular weight is 307 g/mol. The number of urea groups is 1. The summed E-state index contributed by atoms with van der Waals surface area (Å²) in [5.41, 5.74) is 0.924. The van der Waals surface area contributed by atoms with Crippen molar-refractivity contribution in [1.29, 1.82) is 0 Å². The van der Waals surface area contributed by atoms with Crippen molar-refractivity contribution in [2.45, 2.75) is 33.6 Å². The van der Waals surface area contributed by atoms with Crippen molar-refractivity contribution in [2.75, 3.05) is 25.0 Å². The molecule has 0 radical (unpaired) electrons. The molecule has 1 aliphatic rings. The van der Waals surface area contributed by atoms with Gasteiger partial charge in [0.2, 0.25) is 0 Å². The Morgan fingerprint density at radius 2 is 2.18 bits per heavy atom. The number of carbonyl (C=O) groups excluding carboxylic acids is 2. The van der Waals surface area contributed by atoms with E-state index in [9.17, 15) is 9.59 Å². The Kier molecular flexibility index (Phi) is 5.46. The predicted octanol–water partition coefficient (Wildman–Crippen LogP) is 3.09. The van der Waals surface area contributed by atoms with E-state index in [1.54, 1.807) is 19.2 Å². The number of rotatable bonds is 3. The molecule has 0 aromatic carbocycles. The number of amides is 2. The topological polar surface area (TPSA) is 74.4 Å². The Hall–Kier alpha value is -1.98. The lowest BCUT2D eigenvalue weighted by Crippen LogP contribution is -2.37. The van der Waals surface area contributed by atoms with Gasteiger partial charge in [0.15, 0.2) is 0 Å². The van der Waals surface area contributed by atoms with Crippen LogP contribution in [0.15, 0.2) is 12.3 Å². The first-order valence-electron chi connectivity index (χ1n) is 7.91. The number of carbonyl (C=O) groups is 2. The number of nitrogens with one attached hydrogen (secondary N) is 2. The molecule has 1 fully saturated rings. The van der Waals surface area contributed by atoms with Gasteiger partial charge in [-0.1, -0.05) is 13.8 Å². The molecule has 0 bridgehead atoms. The lowest BCUT2D eigenvalue weighted by atomic mass is 9.97. The van der Waals surface area contributed by atoms with Crippen LogP contribution in [0.2, 0.25) is 0 Å². The number of hydrogen-bond donors (Lipinski definition) is 2. The summed E-state index contributed by atoms with van der Waals surface area (Å²) in [5.74, 6) is 0.736. The van der Waals surface area contributed by atoms with Crippen LogP contribution >= 0.6 is 0 Å². The summed E-state index contributed by atoms with van der Waals surface area (Å²) in [4.78, 5) is 28.6. The van der Waals surface area contributed by atoms with Crippen molar-refractivity contribution in [1.82, 2.24) is 9.88 Å². The summed E-state index contributed by atoms with van der Waals surface area (Å²) >= 11 is 0. The highest BCUT2D eigenvalue weighted by Crippen LogP contribution is 2.22. The van der Waals surface area contributed by atoms with Crippen LogP contribution in [0, 0.1) is 11.8 Å². The molecule has 22 heavy (non-hydrogen) atoms. The van der Waals surface area contributed by atoms with Crippen LogP contribution in [0.5, 0.6) is 0 Å². The zero-order valence-corrected chi connectivity index (χ0v) is 13.5. The van der Waals surface area contributed by atoms with Crippen molar-refractivity contribution >= 4 is 17.7 Å². The molecule has 2 amide bonds. The fraction of sp³-hybridized carbons (Fsp3) is 0.625. The molecule has 1 aliphatic heterocycles. The van der Waals surface area contributed by atoms with Crippen molar-refractivity contribution in [2.24, 2.45) is 11.8 Å². The highest BCUT2D eigenvalue weighted by molar-refractivity contribution is 5.93. The van der Waals surface area contributed by atoms with E-state index in [1.807, 2.05) is 4.90 Å². The Labute approximate surface area is 131 Å². The highest BCUT2D eigenvalue weighted by Gasteiger charge is 2.23. The van der Waals surface area contributed by atoms with Crippen molar-refractivity contribution in [3.63, 3.8) is 0 Å². The average Bonchev–Trinajstić information content (AvgIpc) is 2.84. The van der Waals surface area contributed by atoms with Gasteiger partial charge in [0, 0.05) is 19.3 Å². The number of ether oxygens (including phenoxy) is 1. The van der Waals surface area contributed by atoms with Crippen LogP contribution in [-0.4, -0.2) is 41.6 Å². The molecule has 2 N–H and O–H groups in total. The summed E-state index contributed by atoms with van der Waals surface area (Å²) in [5, 5.41) is 2.84. The zero-order valence-electron chi connectivity index (χ0n) is 13.5. The van der Waals surface area contributed by atoms with Crippen LogP contribution in [0.4, 0.5) is 10.5 Å². The standard InChI is InChI=1S/C16H25N3O3/c1-4-22-15(20)14-8-13(9-17-14)18-16(21)19-6-5-11(2)7-12(3)10-19/h8-9,11-12,17H,4-7,10H2,1-3H3,(H,18,21)/t11-,12+/m1/s1. The molecule has 2 rings (SSSR count). The summed E-state index contributed by atoms with van der Waals surface area (Å²) in [6.45, 7) is 8.03. The van der Waals surface area contributed by atoms with Crippen LogP contribution in [-0.2, 0) is 4.74 Å². The zero-order chi connectivity index (χ0) is 16.1. The quantitative estimate of drug-likeness (QED) is 0.843. The van der Waals surface area contributed by atoms with Crippen molar-refractivity contribution < 1.29 is 14.3 Å². The maximum absolute atomic E-state index is 12.4. The van der Waals surface area contributed by atoms with Gasteiger partial charge in [0.05, 0.1) is 12.3 Å². The van der Waals surface area contributed by atoms with Gasteiger partial charge in [-0.2, -0.15) is 0 Å². The third-order valence-electron chi connectivity index (χ3n) is 3.95. The Balaban J connectivity index is 1.95. The van der Waals surface area contributed by atoms with Crippen LogP contribution in [0.3, 0.4) is 0 Å². The van der Waals surface area contributed by atoms with Gasteiger partial charge in [0.1, 0.15) is 5.69 Å². The fourth-order valence-electron chi connectivity index (χ4n) is 2.90. The molecule has 2 atom stereocenters. The molecule has 0 aliphatic carbocycles. The first kappa shape index (κ1) is 16.4. The van der Waals surface area contributed by atoms with Gasteiger partial charge in [-0.05, 0) is 37.7 Å². The number of aromatic nitrogens is 1. The SMILES string of the molecule is CCOC(=O)c1cc(NC(=O)N2CC[C@@H](C)C[C@H](C)C2)c[nH]1. The first-order valence-corrected chi connectivity index (χ1v) is 7.91. The molecule has 0 spiro atoms. The molecule has 2 heterocycles. The molecule has 1 aromatic rings. The number of aromatic amines is 1. The Morgan fingerprint density at radius 3 is 2.91 bits per heavy atom. The molecule has 6 heteroatoms. The summed E-state index contributed by atoms with van der Waals surface area (Å²) in [7, 11) is 0. The van der Waals surface area contributed by atoms with Gasteiger partial charge in [-0.15, -0.1) is 0 Å².